The van der Waals surface area contributed by atoms with Crippen molar-refractivity contribution in [3.05, 3.63) is 41.8 Å². The molecule has 5 heteroatoms. The van der Waals surface area contributed by atoms with Gasteiger partial charge in [-0.2, -0.15) is 0 Å². The van der Waals surface area contributed by atoms with E-state index >= 15 is 0 Å². The van der Waals surface area contributed by atoms with Gasteiger partial charge in [-0.25, -0.2) is 14.4 Å². The molecule has 1 aromatic heterocycles. The molecule has 0 saturated heterocycles. The summed E-state index contributed by atoms with van der Waals surface area (Å²) in [4.78, 5) is 8.56. The highest BCUT2D eigenvalue weighted by Gasteiger charge is 2.05. The Balaban J connectivity index is 2.35. The number of anilines is 1. The van der Waals surface area contributed by atoms with Crippen molar-refractivity contribution in [2.75, 3.05) is 18.5 Å². The van der Waals surface area contributed by atoms with Crippen LogP contribution in [0, 0.1) is 12.7 Å². The second kappa shape index (κ2) is 5.55. The number of nitrogens with one attached hydrogen (secondary N) is 1. The standard InChI is InChI=1S/C13H14FN3O/c1-9-7-12(15-5-6-18)17-13(16-9)10-3-2-4-11(14)8-10/h2-4,7-8,18H,5-6H2,1H3,(H,15,16,17). The lowest BCUT2D eigenvalue weighted by Crippen LogP contribution is -2.08. The molecular formula is C13H14FN3O. The van der Waals surface area contributed by atoms with Crippen molar-refractivity contribution in [2.45, 2.75) is 6.92 Å². The van der Waals surface area contributed by atoms with E-state index in [2.05, 4.69) is 15.3 Å². The number of aromatic nitrogens is 2. The molecule has 1 heterocycles. The van der Waals surface area contributed by atoms with Crippen molar-refractivity contribution >= 4 is 5.82 Å². The number of benzene rings is 1. The van der Waals surface area contributed by atoms with Gasteiger partial charge in [-0.3, -0.25) is 0 Å². The largest absolute Gasteiger partial charge is 0.395 e. The van der Waals surface area contributed by atoms with Crippen LogP contribution < -0.4 is 5.32 Å². The topological polar surface area (TPSA) is 58.0 Å². The normalized spacial score (nSPS) is 10.4. The number of aliphatic hydroxyl groups is 1. The Hall–Kier alpha value is -2.01. The summed E-state index contributed by atoms with van der Waals surface area (Å²) in [6, 6.07) is 7.93. The lowest BCUT2D eigenvalue weighted by Gasteiger charge is -2.07. The second-order valence-corrected chi connectivity index (χ2v) is 3.88. The molecule has 0 bridgehead atoms. The molecule has 2 N–H and O–H groups in total. The van der Waals surface area contributed by atoms with Crippen LogP contribution in [0.3, 0.4) is 0 Å². The van der Waals surface area contributed by atoms with Crippen LogP contribution in [0.5, 0.6) is 0 Å². The Kier molecular flexibility index (Phi) is 3.84. The van der Waals surface area contributed by atoms with E-state index in [1.807, 2.05) is 6.92 Å². The molecule has 0 fully saturated rings. The van der Waals surface area contributed by atoms with Crippen molar-refractivity contribution in [3.63, 3.8) is 0 Å². The van der Waals surface area contributed by atoms with Crippen LogP contribution >= 0.6 is 0 Å². The fourth-order valence-corrected chi connectivity index (χ4v) is 1.60. The summed E-state index contributed by atoms with van der Waals surface area (Å²) in [7, 11) is 0. The molecular weight excluding hydrogens is 233 g/mol. The zero-order valence-corrected chi connectivity index (χ0v) is 10.0. The molecule has 2 aromatic rings. The quantitative estimate of drug-likeness (QED) is 0.867. The molecule has 1 aromatic carbocycles. The van der Waals surface area contributed by atoms with Crippen LogP contribution in [-0.2, 0) is 0 Å². The molecule has 2 rings (SSSR count). The molecule has 4 nitrogen and oxygen atoms in total. The molecule has 0 saturated carbocycles. The van der Waals surface area contributed by atoms with Crippen LogP contribution in [0.4, 0.5) is 10.2 Å². The average Bonchev–Trinajstić information content (AvgIpc) is 2.36. The van der Waals surface area contributed by atoms with Gasteiger partial charge in [0.1, 0.15) is 11.6 Å². The maximum absolute atomic E-state index is 13.2. The maximum atomic E-state index is 13.2. The van der Waals surface area contributed by atoms with Crippen molar-refractivity contribution in [1.82, 2.24) is 9.97 Å². The van der Waals surface area contributed by atoms with Crippen LogP contribution in [-0.4, -0.2) is 28.2 Å². The minimum Gasteiger partial charge on any atom is -0.395 e. The SMILES string of the molecule is Cc1cc(NCCO)nc(-c2cccc(F)c2)n1. The zero-order valence-electron chi connectivity index (χ0n) is 10.0. The van der Waals surface area contributed by atoms with Crippen molar-refractivity contribution in [1.29, 1.82) is 0 Å². The van der Waals surface area contributed by atoms with Crippen LogP contribution in [0.2, 0.25) is 0 Å². The van der Waals surface area contributed by atoms with Gasteiger partial charge in [0.15, 0.2) is 5.82 Å². The van der Waals surface area contributed by atoms with Crippen molar-refractivity contribution in [3.8, 4) is 11.4 Å². The third kappa shape index (κ3) is 3.01. The fourth-order valence-electron chi connectivity index (χ4n) is 1.60. The van der Waals surface area contributed by atoms with Gasteiger partial charge in [0, 0.05) is 23.9 Å². The molecule has 0 unspecified atom stereocenters. The van der Waals surface area contributed by atoms with Gasteiger partial charge < -0.3 is 10.4 Å². The number of halogens is 1. The first-order valence-corrected chi connectivity index (χ1v) is 5.65. The van der Waals surface area contributed by atoms with E-state index in [0.29, 0.717) is 23.8 Å². The Morgan fingerprint density at radius 3 is 2.83 bits per heavy atom. The van der Waals surface area contributed by atoms with E-state index in [9.17, 15) is 4.39 Å². The lowest BCUT2D eigenvalue weighted by molar-refractivity contribution is 0.311. The van der Waals surface area contributed by atoms with Gasteiger partial charge in [0.25, 0.3) is 0 Å². The highest BCUT2D eigenvalue weighted by molar-refractivity contribution is 5.57. The van der Waals surface area contributed by atoms with E-state index in [4.69, 9.17) is 5.11 Å². The summed E-state index contributed by atoms with van der Waals surface area (Å²) in [6.45, 7) is 2.28. The van der Waals surface area contributed by atoms with Crippen molar-refractivity contribution in [2.24, 2.45) is 0 Å². The van der Waals surface area contributed by atoms with Gasteiger partial charge in [0.05, 0.1) is 6.61 Å². The predicted octanol–water partition coefficient (Wildman–Crippen LogP) is 2.00. The molecule has 0 radical (unpaired) electrons. The second-order valence-electron chi connectivity index (χ2n) is 3.88. The first-order chi connectivity index (χ1) is 8.69. The number of aliphatic hydroxyl groups excluding tert-OH is 1. The lowest BCUT2D eigenvalue weighted by atomic mass is 10.2. The highest BCUT2D eigenvalue weighted by Crippen LogP contribution is 2.18. The van der Waals surface area contributed by atoms with E-state index in [1.165, 1.54) is 12.1 Å². The Morgan fingerprint density at radius 2 is 2.11 bits per heavy atom. The first-order valence-electron chi connectivity index (χ1n) is 5.65. The summed E-state index contributed by atoms with van der Waals surface area (Å²) in [5.74, 6) is 0.772. The van der Waals surface area contributed by atoms with Gasteiger partial charge in [-0.1, -0.05) is 12.1 Å². The number of aryl methyl sites for hydroxylation is 1. The number of hydrogen-bond acceptors (Lipinski definition) is 4. The van der Waals surface area contributed by atoms with Gasteiger partial charge in [-0.15, -0.1) is 0 Å². The Bertz CT molecular complexity index is 546. The van der Waals surface area contributed by atoms with Crippen LogP contribution in [0.15, 0.2) is 30.3 Å². The zero-order chi connectivity index (χ0) is 13.0. The average molecular weight is 247 g/mol. The summed E-state index contributed by atoms with van der Waals surface area (Å²) in [5, 5.41) is 11.7. The van der Waals surface area contributed by atoms with E-state index in [1.54, 1.807) is 18.2 Å². The Labute approximate surface area is 105 Å². The third-order valence-corrected chi connectivity index (χ3v) is 2.35. The first kappa shape index (κ1) is 12.4. The monoisotopic (exact) mass is 247 g/mol. The number of nitrogens with zero attached hydrogens (tertiary/aromatic N) is 2. The van der Waals surface area contributed by atoms with Gasteiger partial charge in [0.2, 0.25) is 0 Å². The van der Waals surface area contributed by atoms with Gasteiger partial charge in [-0.05, 0) is 19.1 Å². The minimum atomic E-state index is -0.317. The summed E-state index contributed by atoms with van der Waals surface area (Å²) in [6.07, 6.45) is 0. The molecule has 18 heavy (non-hydrogen) atoms. The molecule has 0 aliphatic heterocycles. The highest BCUT2D eigenvalue weighted by atomic mass is 19.1. The number of hydrogen-bond donors (Lipinski definition) is 2. The van der Waals surface area contributed by atoms with E-state index in [0.717, 1.165) is 5.69 Å². The maximum Gasteiger partial charge on any atom is 0.161 e. The predicted molar refractivity (Wildman–Crippen MR) is 67.7 cm³/mol. The summed E-state index contributed by atoms with van der Waals surface area (Å²) >= 11 is 0. The molecule has 0 aliphatic rings. The molecule has 94 valence electrons. The molecule has 0 atom stereocenters. The van der Waals surface area contributed by atoms with Crippen LogP contribution in [0.25, 0.3) is 11.4 Å². The summed E-state index contributed by atoms with van der Waals surface area (Å²) in [5.41, 5.74) is 1.41. The van der Waals surface area contributed by atoms with Gasteiger partial charge >= 0.3 is 0 Å². The third-order valence-electron chi connectivity index (χ3n) is 2.35. The van der Waals surface area contributed by atoms with E-state index in [-0.39, 0.29) is 12.4 Å². The van der Waals surface area contributed by atoms with E-state index < -0.39 is 0 Å². The molecule has 0 amide bonds. The molecule has 0 spiro atoms. The number of rotatable bonds is 4. The fraction of sp³-hybridized carbons (Fsp3) is 0.231. The molecule has 0 aliphatic carbocycles. The summed E-state index contributed by atoms with van der Waals surface area (Å²) < 4.78 is 13.2. The Morgan fingerprint density at radius 1 is 1.28 bits per heavy atom. The minimum absolute atomic E-state index is 0.0261. The van der Waals surface area contributed by atoms with Crippen molar-refractivity contribution < 1.29 is 9.50 Å². The smallest absolute Gasteiger partial charge is 0.161 e. The van der Waals surface area contributed by atoms with Crippen LogP contribution in [0.1, 0.15) is 5.69 Å².